The van der Waals surface area contributed by atoms with E-state index >= 15 is 0 Å². The van der Waals surface area contributed by atoms with E-state index in [9.17, 15) is 9.90 Å². The second-order valence-electron chi connectivity index (χ2n) is 6.22. The number of anilines is 1. The van der Waals surface area contributed by atoms with Gasteiger partial charge in [0.15, 0.2) is 17.7 Å². The number of H-pyrrole nitrogens is 1. The lowest BCUT2D eigenvalue weighted by Crippen LogP contribution is -2.31. The van der Waals surface area contributed by atoms with Crippen LogP contribution in [0.25, 0.3) is 11.0 Å². The van der Waals surface area contributed by atoms with Gasteiger partial charge in [-0.05, 0) is 19.9 Å². The van der Waals surface area contributed by atoms with Gasteiger partial charge in [-0.15, -0.1) is 0 Å². The van der Waals surface area contributed by atoms with Crippen molar-refractivity contribution in [2.45, 2.75) is 44.2 Å². The fourth-order valence-electron chi connectivity index (χ4n) is 3.30. The molecule has 1 unspecified atom stereocenters. The maximum Gasteiger partial charge on any atom is 0.261 e. The Balaban J connectivity index is 1.80. The van der Waals surface area contributed by atoms with E-state index in [2.05, 4.69) is 9.97 Å². The molecule has 4 N–H and O–H groups in total. The van der Waals surface area contributed by atoms with E-state index in [4.69, 9.17) is 19.9 Å². The van der Waals surface area contributed by atoms with Crippen LogP contribution in [0.5, 0.6) is 0 Å². The molecule has 9 nitrogen and oxygen atoms in total. The number of aliphatic hydroxyl groups excluding tert-OH is 1. The number of aromatic amines is 1. The number of hydrogen-bond acceptors (Lipinski definition) is 7. The van der Waals surface area contributed by atoms with Gasteiger partial charge in [0.2, 0.25) is 5.95 Å². The van der Waals surface area contributed by atoms with E-state index in [-0.39, 0.29) is 18.1 Å². The third kappa shape index (κ3) is 2.16. The summed E-state index contributed by atoms with van der Waals surface area (Å²) < 4.78 is 19.3. The smallest absolute Gasteiger partial charge is 0.261 e. The lowest BCUT2D eigenvalue weighted by molar-refractivity contribution is -0.199. The van der Waals surface area contributed by atoms with E-state index in [0.29, 0.717) is 11.0 Å². The Hall–Kier alpha value is -1.94. The van der Waals surface area contributed by atoms with Crippen LogP contribution in [0.3, 0.4) is 0 Å². The number of rotatable bonds is 2. The molecule has 23 heavy (non-hydrogen) atoms. The normalized spacial score (nSPS) is 32.5. The average molecular weight is 322 g/mol. The second kappa shape index (κ2) is 4.78. The van der Waals surface area contributed by atoms with Crippen LogP contribution in [-0.2, 0) is 14.2 Å². The lowest BCUT2D eigenvalue weighted by Gasteiger charge is -2.24. The molecule has 2 aliphatic rings. The summed E-state index contributed by atoms with van der Waals surface area (Å²) in [6.07, 6.45) is -0.187. The van der Waals surface area contributed by atoms with E-state index in [1.807, 2.05) is 13.8 Å². The van der Waals surface area contributed by atoms with Crippen molar-refractivity contribution in [1.82, 2.24) is 14.5 Å². The van der Waals surface area contributed by atoms with Crippen LogP contribution in [0.15, 0.2) is 17.1 Å². The van der Waals surface area contributed by atoms with Crippen LogP contribution in [0.1, 0.15) is 20.1 Å². The summed E-state index contributed by atoms with van der Waals surface area (Å²) in [4.78, 5) is 18.6. The Morgan fingerprint density at radius 2 is 2.17 bits per heavy atom. The van der Waals surface area contributed by atoms with Crippen molar-refractivity contribution in [3.8, 4) is 0 Å². The van der Waals surface area contributed by atoms with E-state index in [1.54, 1.807) is 16.8 Å². The molecule has 0 amide bonds. The number of nitrogens with zero attached hydrogens (tertiary/aromatic N) is 2. The Labute approximate surface area is 131 Å². The lowest BCUT2D eigenvalue weighted by atomic mass is 10.1. The summed E-state index contributed by atoms with van der Waals surface area (Å²) in [5, 5.41) is 9.95. The number of fused-ring (bicyclic) bond motifs is 2. The van der Waals surface area contributed by atoms with Gasteiger partial charge in [-0.25, -0.2) is 0 Å². The highest BCUT2D eigenvalue weighted by Gasteiger charge is 2.55. The first-order valence-electron chi connectivity index (χ1n) is 7.38. The first-order chi connectivity index (χ1) is 10.9. The molecule has 2 saturated heterocycles. The van der Waals surface area contributed by atoms with Gasteiger partial charge >= 0.3 is 0 Å². The molecule has 4 heterocycles. The van der Waals surface area contributed by atoms with Crippen LogP contribution in [0.2, 0.25) is 0 Å². The molecule has 2 aliphatic heterocycles. The molecule has 0 radical (unpaired) electrons. The van der Waals surface area contributed by atoms with Gasteiger partial charge in [0.1, 0.15) is 18.3 Å². The maximum absolute atomic E-state index is 12.0. The highest BCUT2D eigenvalue weighted by Crippen LogP contribution is 2.43. The zero-order valence-electron chi connectivity index (χ0n) is 12.7. The molecule has 0 saturated carbocycles. The fraction of sp³-hybridized carbons (Fsp3) is 0.571. The zero-order chi connectivity index (χ0) is 16.4. The first kappa shape index (κ1) is 14.6. The van der Waals surface area contributed by atoms with Gasteiger partial charge in [-0.3, -0.25) is 9.78 Å². The van der Waals surface area contributed by atoms with E-state index in [1.165, 1.54) is 0 Å². The predicted molar refractivity (Wildman–Crippen MR) is 79.6 cm³/mol. The summed E-state index contributed by atoms with van der Waals surface area (Å²) in [7, 11) is 0. The van der Waals surface area contributed by atoms with Gasteiger partial charge in [0.25, 0.3) is 5.56 Å². The summed E-state index contributed by atoms with van der Waals surface area (Å²) in [5.41, 5.74) is 5.73. The monoisotopic (exact) mass is 322 g/mol. The average Bonchev–Trinajstić information content (AvgIpc) is 3.09. The Morgan fingerprint density at radius 3 is 2.91 bits per heavy atom. The minimum absolute atomic E-state index is 0.0274. The number of nitrogens with two attached hydrogens (primary N) is 1. The van der Waals surface area contributed by atoms with E-state index < -0.39 is 30.3 Å². The topological polar surface area (TPSA) is 125 Å². The molecule has 124 valence electrons. The number of nitrogens with one attached hydrogen (secondary N) is 1. The van der Waals surface area contributed by atoms with Gasteiger partial charge < -0.3 is 29.6 Å². The van der Waals surface area contributed by atoms with Gasteiger partial charge in [-0.2, -0.15) is 4.98 Å². The number of ether oxygens (including phenoxy) is 3. The highest BCUT2D eigenvalue weighted by molar-refractivity contribution is 5.76. The SMILES string of the molecule is CC1(C)OC2[C@H](n3ccc4c(=O)[nH]c(N)nc43)O[C@H](CO)[C@H]2O1. The van der Waals surface area contributed by atoms with Crippen molar-refractivity contribution in [2.75, 3.05) is 12.3 Å². The zero-order valence-corrected chi connectivity index (χ0v) is 12.7. The van der Waals surface area contributed by atoms with Crippen LogP contribution < -0.4 is 11.3 Å². The van der Waals surface area contributed by atoms with Crippen LogP contribution in [0, 0.1) is 0 Å². The summed E-state index contributed by atoms with van der Waals surface area (Å²) >= 11 is 0. The first-order valence-corrected chi connectivity index (χ1v) is 7.38. The maximum atomic E-state index is 12.0. The van der Waals surface area contributed by atoms with Gasteiger partial charge in [0.05, 0.1) is 12.0 Å². The molecule has 4 atom stereocenters. The van der Waals surface area contributed by atoms with Crippen molar-refractivity contribution in [3.63, 3.8) is 0 Å². The molecule has 4 rings (SSSR count). The summed E-state index contributed by atoms with van der Waals surface area (Å²) in [6, 6.07) is 1.65. The van der Waals surface area contributed by atoms with Gasteiger partial charge in [0, 0.05) is 6.20 Å². The van der Waals surface area contributed by atoms with Crippen LogP contribution in [-0.4, -0.2) is 50.3 Å². The van der Waals surface area contributed by atoms with Crippen LogP contribution >= 0.6 is 0 Å². The quantitative estimate of drug-likeness (QED) is 0.694. The molecule has 2 aromatic heterocycles. The Bertz CT molecular complexity index is 813. The number of nitrogen functional groups attached to an aromatic ring is 1. The highest BCUT2D eigenvalue weighted by atomic mass is 16.8. The number of aromatic nitrogens is 3. The molecule has 0 aromatic carbocycles. The second-order valence-corrected chi connectivity index (χ2v) is 6.22. The van der Waals surface area contributed by atoms with Gasteiger partial charge in [-0.1, -0.05) is 0 Å². The number of hydrogen-bond donors (Lipinski definition) is 3. The minimum Gasteiger partial charge on any atom is -0.394 e. The molecule has 2 aromatic rings. The van der Waals surface area contributed by atoms with Crippen LogP contribution in [0.4, 0.5) is 5.95 Å². The molecule has 2 fully saturated rings. The Morgan fingerprint density at radius 1 is 1.43 bits per heavy atom. The third-order valence-electron chi connectivity index (χ3n) is 4.18. The summed E-state index contributed by atoms with van der Waals surface area (Å²) in [6.45, 7) is 3.43. The fourth-order valence-corrected chi connectivity index (χ4v) is 3.30. The minimum atomic E-state index is -0.766. The molecule has 0 spiro atoms. The largest absolute Gasteiger partial charge is 0.394 e. The van der Waals surface area contributed by atoms with Crippen molar-refractivity contribution in [1.29, 1.82) is 0 Å². The van der Waals surface area contributed by atoms with Crippen molar-refractivity contribution < 1.29 is 19.3 Å². The van der Waals surface area contributed by atoms with Crippen molar-refractivity contribution in [2.24, 2.45) is 0 Å². The number of aliphatic hydroxyl groups is 1. The molecular weight excluding hydrogens is 304 g/mol. The van der Waals surface area contributed by atoms with Crippen molar-refractivity contribution in [3.05, 3.63) is 22.6 Å². The molecule has 0 aliphatic carbocycles. The third-order valence-corrected chi connectivity index (χ3v) is 4.18. The molecule has 9 heteroatoms. The molecule has 0 bridgehead atoms. The van der Waals surface area contributed by atoms with Crippen molar-refractivity contribution >= 4 is 17.0 Å². The Kier molecular flexibility index (Phi) is 3.04. The molecular formula is C14H18N4O5. The predicted octanol–water partition coefficient (Wildman–Crippen LogP) is -0.283. The van der Waals surface area contributed by atoms with E-state index in [0.717, 1.165) is 0 Å². The standard InChI is InChI=1S/C14H18N4O5/c1-14(2)22-8-7(5-19)21-12(9(8)23-14)18-4-3-6-10(18)16-13(15)17-11(6)20/h3-4,7-9,12,19H,5H2,1-2H3,(H3,15,16,17,20)/t7-,8-,9?,12-/m1/s1. The summed E-state index contributed by atoms with van der Waals surface area (Å²) in [5.74, 6) is -0.739.